The number of aromatic nitrogens is 2. The maximum atomic E-state index is 5.17. The second-order valence-electron chi connectivity index (χ2n) is 15.4. The van der Waals surface area contributed by atoms with Crippen molar-refractivity contribution < 1.29 is 0 Å². The molecule has 0 amide bonds. The van der Waals surface area contributed by atoms with Gasteiger partial charge in [0.2, 0.25) is 0 Å². The molecule has 0 saturated heterocycles. The molecule has 2 heteroatoms. The van der Waals surface area contributed by atoms with Crippen LogP contribution in [0.25, 0.3) is 88.3 Å². The fraction of sp³-hybridized carbons (Fsp3) is 0.0962. The second kappa shape index (κ2) is 11.7. The SMILES string of the molecule is CC1(C)C2=C(CCC=C2)c2cc3c(-c4ccc(-c5nc6ccccc6n5-c5ccccc5)cc4)c4ccccc4c(-c4ccc5ccccc5c4)c3cc21. The van der Waals surface area contributed by atoms with Gasteiger partial charge in [-0.05, 0) is 132 Å². The Morgan fingerprint density at radius 3 is 2.02 bits per heavy atom. The van der Waals surface area contributed by atoms with E-state index in [2.05, 4.69) is 188 Å². The van der Waals surface area contributed by atoms with E-state index in [-0.39, 0.29) is 5.41 Å². The summed E-state index contributed by atoms with van der Waals surface area (Å²) in [6.07, 6.45) is 6.94. The van der Waals surface area contributed by atoms with Crippen molar-refractivity contribution in [3.8, 4) is 39.3 Å². The van der Waals surface area contributed by atoms with Crippen LogP contribution in [0.15, 0.2) is 175 Å². The van der Waals surface area contributed by atoms with Crippen molar-refractivity contribution in [1.82, 2.24) is 9.55 Å². The zero-order valence-electron chi connectivity index (χ0n) is 30.5. The Balaban J connectivity index is 1.18. The molecule has 0 spiro atoms. The van der Waals surface area contributed by atoms with E-state index in [4.69, 9.17) is 4.98 Å². The number of nitrogens with zero attached hydrogens (tertiary/aromatic N) is 2. The van der Waals surface area contributed by atoms with Gasteiger partial charge in [0, 0.05) is 16.7 Å². The van der Waals surface area contributed by atoms with Gasteiger partial charge in [0.1, 0.15) is 5.82 Å². The van der Waals surface area contributed by atoms with Crippen LogP contribution in [0.5, 0.6) is 0 Å². The summed E-state index contributed by atoms with van der Waals surface area (Å²) in [6, 6.07) is 57.9. The van der Waals surface area contributed by atoms with Gasteiger partial charge in [-0.1, -0.05) is 141 Å². The van der Waals surface area contributed by atoms with Crippen LogP contribution in [0.1, 0.15) is 37.8 Å². The molecule has 9 aromatic rings. The van der Waals surface area contributed by atoms with E-state index in [0.29, 0.717) is 0 Å². The lowest BCUT2D eigenvalue weighted by Crippen LogP contribution is -2.16. The van der Waals surface area contributed by atoms with Crippen LogP contribution in [0.2, 0.25) is 0 Å². The summed E-state index contributed by atoms with van der Waals surface area (Å²) >= 11 is 0. The highest BCUT2D eigenvalue weighted by molar-refractivity contribution is 6.22. The molecular weight excluding hydrogens is 653 g/mol. The quantitative estimate of drug-likeness (QED) is 0.168. The Morgan fingerprint density at radius 1 is 0.556 bits per heavy atom. The van der Waals surface area contributed by atoms with Crippen molar-refractivity contribution >= 4 is 48.9 Å². The van der Waals surface area contributed by atoms with Gasteiger partial charge in [0.15, 0.2) is 0 Å². The molecule has 11 rings (SSSR count). The average molecular weight is 691 g/mol. The molecule has 256 valence electrons. The molecule has 0 bridgehead atoms. The monoisotopic (exact) mass is 690 g/mol. The summed E-state index contributed by atoms with van der Waals surface area (Å²) in [5, 5.41) is 7.68. The number of allylic oxidation sites excluding steroid dienone is 4. The first-order valence-electron chi connectivity index (χ1n) is 19.1. The summed E-state index contributed by atoms with van der Waals surface area (Å²) in [4.78, 5) is 5.17. The van der Waals surface area contributed by atoms with Crippen molar-refractivity contribution in [3.63, 3.8) is 0 Å². The summed E-state index contributed by atoms with van der Waals surface area (Å²) < 4.78 is 2.28. The van der Waals surface area contributed by atoms with Crippen LogP contribution >= 0.6 is 0 Å². The third-order valence-electron chi connectivity index (χ3n) is 12.0. The number of hydrogen-bond donors (Lipinski definition) is 0. The van der Waals surface area contributed by atoms with Gasteiger partial charge in [-0.15, -0.1) is 0 Å². The Bertz CT molecular complexity index is 3050. The molecule has 2 aliphatic carbocycles. The van der Waals surface area contributed by atoms with E-state index < -0.39 is 0 Å². The number of rotatable bonds is 4. The molecule has 0 N–H and O–H groups in total. The lowest BCUT2D eigenvalue weighted by atomic mass is 9.78. The number of fused-ring (bicyclic) bond motifs is 6. The highest BCUT2D eigenvalue weighted by Gasteiger charge is 2.38. The van der Waals surface area contributed by atoms with Gasteiger partial charge in [-0.25, -0.2) is 4.98 Å². The van der Waals surface area contributed by atoms with Gasteiger partial charge in [-0.3, -0.25) is 4.57 Å². The molecule has 0 saturated carbocycles. The summed E-state index contributed by atoms with van der Waals surface area (Å²) in [5.41, 5.74) is 15.1. The van der Waals surface area contributed by atoms with Gasteiger partial charge >= 0.3 is 0 Å². The first-order valence-corrected chi connectivity index (χ1v) is 19.1. The molecule has 0 unspecified atom stereocenters. The van der Waals surface area contributed by atoms with Crippen LogP contribution in [0.3, 0.4) is 0 Å². The van der Waals surface area contributed by atoms with Gasteiger partial charge in [0.05, 0.1) is 11.0 Å². The largest absolute Gasteiger partial charge is 0.292 e. The summed E-state index contributed by atoms with van der Waals surface area (Å²) in [7, 11) is 0. The molecule has 54 heavy (non-hydrogen) atoms. The molecule has 0 radical (unpaired) electrons. The van der Waals surface area contributed by atoms with E-state index >= 15 is 0 Å². The summed E-state index contributed by atoms with van der Waals surface area (Å²) in [5.74, 6) is 0.945. The minimum Gasteiger partial charge on any atom is -0.292 e. The van der Waals surface area contributed by atoms with E-state index in [1.54, 1.807) is 0 Å². The number of benzene rings is 8. The Hall–Kier alpha value is -6.51. The molecule has 2 aliphatic rings. The van der Waals surface area contributed by atoms with Gasteiger partial charge in [0.25, 0.3) is 0 Å². The van der Waals surface area contributed by atoms with Gasteiger partial charge in [-0.2, -0.15) is 0 Å². The molecule has 1 heterocycles. The van der Waals surface area contributed by atoms with E-state index in [1.807, 2.05) is 0 Å². The zero-order valence-corrected chi connectivity index (χ0v) is 30.5. The maximum Gasteiger partial charge on any atom is 0.145 e. The van der Waals surface area contributed by atoms with Crippen molar-refractivity contribution in [2.75, 3.05) is 0 Å². The molecule has 1 aromatic heterocycles. The van der Waals surface area contributed by atoms with E-state index in [1.165, 1.54) is 76.8 Å². The summed E-state index contributed by atoms with van der Waals surface area (Å²) in [6.45, 7) is 4.82. The van der Waals surface area contributed by atoms with Crippen molar-refractivity contribution in [3.05, 3.63) is 187 Å². The van der Waals surface area contributed by atoms with Crippen LogP contribution < -0.4 is 0 Å². The normalized spacial score (nSPS) is 14.7. The number of hydrogen-bond acceptors (Lipinski definition) is 1. The first-order chi connectivity index (χ1) is 26.5. The average Bonchev–Trinajstić information content (AvgIpc) is 3.72. The van der Waals surface area contributed by atoms with E-state index in [9.17, 15) is 0 Å². The minimum absolute atomic E-state index is 0.0614. The Morgan fingerprint density at radius 2 is 1.20 bits per heavy atom. The zero-order chi connectivity index (χ0) is 36.0. The lowest BCUT2D eigenvalue weighted by Gasteiger charge is -2.25. The third-order valence-corrected chi connectivity index (χ3v) is 12.0. The fourth-order valence-electron chi connectivity index (χ4n) is 9.47. The van der Waals surface area contributed by atoms with Crippen molar-refractivity contribution in [1.29, 1.82) is 0 Å². The topological polar surface area (TPSA) is 17.8 Å². The van der Waals surface area contributed by atoms with Crippen molar-refractivity contribution in [2.24, 2.45) is 0 Å². The van der Waals surface area contributed by atoms with Crippen LogP contribution in [0, 0.1) is 0 Å². The van der Waals surface area contributed by atoms with Crippen LogP contribution in [-0.4, -0.2) is 9.55 Å². The van der Waals surface area contributed by atoms with Gasteiger partial charge < -0.3 is 0 Å². The predicted molar refractivity (Wildman–Crippen MR) is 228 cm³/mol. The molecular formula is C52H38N2. The first kappa shape index (κ1) is 31.1. The number of para-hydroxylation sites is 3. The van der Waals surface area contributed by atoms with Crippen molar-refractivity contribution in [2.45, 2.75) is 32.1 Å². The smallest absolute Gasteiger partial charge is 0.145 e. The molecule has 0 fully saturated rings. The Kier molecular flexibility index (Phi) is 6.76. The Labute approximate surface area is 315 Å². The van der Waals surface area contributed by atoms with Crippen LogP contribution in [0.4, 0.5) is 0 Å². The molecule has 8 aromatic carbocycles. The maximum absolute atomic E-state index is 5.17. The highest BCUT2D eigenvalue weighted by Crippen LogP contribution is 2.54. The standard InChI is InChI=1S/C52H38N2/c1-52(2)45-21-11-10-18-39(45)42-31-43-44(32-46(42)52)50(37-29-24-33-14-6-7-15-36(33)30-37)41-20-9-8-19-40(41)49(43)34-25-27-35(28-26-34)51-53-47-22-12-13-23-48(47)54(51)38-16-4-3-5-17-38/h3-9,11-17,19-32H,10,18H2,1-2H3. The third kappa shape index (κ3) is 4.56. The second-order valence-corrected chi connectivity index (χ2v) is 15.4. The molecule has 2 nitrogen and oxygen atoms in total. The highest BCUT2D eigenvalue weighted by atomic mass is 15.1. The van der Waals surface area contributed by atoms with Crippen LogP contribution in [-0.2, 0) is 5.41 Å². The molecule has 0 aliphatic heterocycles. The fourth-order valence-corrected chi connectivity index (χ4v) is 9.47. The molecule has 0 atom stereocenters. The van der Waals surface area contributed by atoms with E-state index in [0.717, 1.165) is 41.0 Å². The minimum atomic E-state index is -0.0614. The predicted octanol–water partition coefficient (Wildman–Crippen LogP) is 13.9. The number of imidazole rings is 1. The lowest BCUT2D eigenvalue weighted by molar-refractivity contribution is 0.652.